The molecule has 23 heavy (non-hydrogen) atoms. The normalized spacial score (nSPS) is 19.3. The second kappa shape index (κ2) is 5.62. The quantitative estimate of drug-likeness (QED) is 0.638. The Hall–Kier alpha value is -1.37. The Bertz CT molecular complexity index is 734. The monoisotopic (exact) mass is 332 g/mol. The van der Waals surface area contributed by atoms with E-state index in [4.69, 9.17) is 14.0 Å². The zero-order valence-corrected chi connectivity index (χ0v) is 15.0. The predicted molar refractivity (Wildman–Crippen MR) is 93.5 cm³/mol. The van der Waals surface area contributed by atoms with Gasteiger partial charge in [-0.05, 0) is 57.6 Å². The maximum atomic E-state index is 12.0. The first-order valence-corrected chi connectivity index (χ1v) is 8.62. The van der Waals surface area contributed by atoms with Crippen LogP contribution in [0.4, 0.5) is 0 Å². The van der Waals surface area contributed by atoms with Crippen LogP contribution >= 0.6 is 11.3 Å². The number of esters is 1. The molecule has 1 aliphatic heterocycles. The van der Waals surface area contributed by atoms with Gasteiger partial charge < -0.3 is 14.0 Å². The molecular formula is C17H21BO4S. The van der Waals surface area contributed by atoms with Gasteiger partial charge in [0.1, 0.15) is 4.88 Å². The molecule has 6 heteroatoms. The third-order valence-corrected chi connectivity index (χ3v) is 5.66. The van der Waals surface area contributed by atoms with Crippen molar-refractivity contribution in [3.8, 4) is 0 Å². The second-order valence-corrected chi connectivity index (χ2v) is 7.76. The molecule has 1 aliphatic rings. The number of ether oxygens (including phenoxy) is 1. The number of carbonyl (C=O) groups is 1. The molecule has 0 saturated carbocycles. The highest BCUT2D eigenvalue weighted by Gasteiger charge is 2.52. The minimum atomic E-state index is -0.437. The van der Waals surface area contributed by atoms with Crippen LogP contribution in [0.3, 0.4) is 0 Å². The molecule has 1 aromatic carbocycles. The number of rotatable bonds is 3. The van der Waals surface area contributed by atoms with Gasteiger partial charge in [-0.3, -0.25) is 0 Å². The first-order valence-electron chi connectivity index (χ1n) is 7.80. The van der Waals surface area contributed by atoms with Crippen LogP contribution in [0.25, 0.3) is 10.1 Å². The lowest BCUT2D eigenvalue weighted by atomic mass is 9.77. The number of carbonyl (C=O) groups excluding carboxylic acids is 1. The zero-order chi connectivity index (χ0) is 16.8. The number of benzene rings is 1. The van der Waals surface area contributed by atoms with Gasteiger partial charge >= 0.3 is 13.1 Å². The van der Waals surface area contributed by atoms with Crippen LogP contribution < -0.4 is 5.46 Å². The van der Waals surface area contributed by atoms with Crippen LogP contribution in [0.5, 0.6) is 0 Å². The van der Waals surface area contributed by atoms with Crippen molar-refractivity contribution in [1.29, 1.82) is 0 Å². The Kier molecular flexibility index (Phi) is 4.03. The van der Waals surface area contributed by atoms with Gasteiger partial charge in [0.2, 0.25) is 0 Å². The fraction of sp³-hybridized carbons (Fsp3) is 0.471. The number of hydrogen-bond acceptors (Lipinski definition) is 5. The molecule has 3 rings (SSSR count). The topological polar surface area (TPSA) is 44.8 Å². The van der Waals surface area contributed by atoms with E-state index in [1.54, 1.807) is 6.92 Å². The highest BCUT2D eigenvalue weighted by atomic mass is 32.1. The number of fused-ring (bicyclic) bond motifs is 1. The Balaban J connectivity index is 2.01. The largest absolute Gasteiger partial charge is 0.495 e. The van der Waals surface area contributed by atoms with Crippen LogP contribution in [0.15, 0.2) is 24.3 Å². The van der Waals surface area contributed by atoms with Crippen molar-refractivity contribution in [1.82, 2.24) is 0 Å². The van der Waals surface area contributed by atoms with Crippen molar-refractivity contribution in [2.45, 2.75) is 45.8 Å². The van der Waals surface area contributed by atoms with Crippen molar-refractivity contribution < 1.29 is 18.8 Å². The fourth-order valence-electron chi connectivity index (χ4n) is 2.56. The number of thiophene rings is 1. The lowest BCUT2D eigenvalue weighted by Gasteiger charge is -2.32. The van der Waals surface area contributed by atoms with Gasteiger partial charge in [0, 0.05) is 4.70 Å². The summed E-state index contributed by atoms with van der Waals surface area (Å²) in [6, 6.07) is 7.83. The average molecular weight is 332 g/mol. The first kappa shape index (κ1) is 16.5. The summed E-state index contributed by atoms with van der Waals surface area (Å²) in [4.78, 5) is 12.6. The molecule has 2 aromatic rings. The molecule has 0 spiro atoms. The van der Waals surface area contributed by atoms with Gasteiger partial charge in [0.05, 0.1) is 17.8 Å². The Morgan fingerprint density at radius 2 is 1.87 bits per heavy atom. The van der Waals surface area contributed by atoms with Gasteiger partial charge in [0.25, 0.3) is 0 Å². The first-order chi connectivity index (χ1) is 10.7. The summed E-state index contributed by atoms with van der Waals surface area (Å²) in [7, 11) is -0.437. The smallest absolute Gasteiger partial charge is 0.462 e. The van der Waals surface area contributed by atoms with E-state index in [0.29, 0.717) is 11.5 Å². The van der Waals surface area contributed by atoms with E-state index < -0.39 is 7.12 Å². The number of hydrogen-bond donors (Lipinski definition) is 0. The molecular weight excluding hydrogens is 311 g/mol. The maximum absolute atomic E-state index is 12.0. The van der Waals surface area contributed by atoms with E-state index in [1.807, 2.05) is 52.0 Å². The summed E-state index contributed by atoms with van der Waals surface area (Å²) < 4.78 is 18.4. The zero-order valence-electron chi connectivity index (χ0n) is 14.1. The van der Waals surface area contributed by atoms with Crippen molar-refractivity contribution in [2.24, 2.45) is 0 Å². The lowest BCUT2D eigenvalue weighted by molar-refractivity contribution is 0.00578. The molecule has 0 aliphatic carbocycles. The van der Waals surface area contributed by atoms with Crippen LogP contribution in [-0.2, 0) is 14.0 Å². The molecule has 1 aromatic heterocycles. The van der Waals surface area contributed by atoms with Crippen LogP contribution in [0.1, 0.15) is 44.3 Å². The van der Waals surface area contributed by atoms with Gasteiger partial charge in [-0.15, -0.1) is 11.3 Å². The molecule has 0 radical (unpaired) electrons. The van der Waals surface area contributed by atoms with E-state index in [2.05, 4.69) is 0 Å². The van der Waals surface area contributed by atoms with E-state index in [-0.39, 0.29) is 17.2 Å². The van der Waals surface area contributed by atoms with E-state index in [9.17, 15) is 4.79 Å². The third-order valence-electron chi connectivity index (χ3n) is 4.58. The third kappa shape index (κ3) is 2.79. The minimum Gasteiger partial charge on any atom is -0.462 e. The minimum absolute atomic E-state index is 0.284. The summed E-state index contributed by atoms with van der Waals surface area (Å²) in [6.07, 6.45) is 0. The van der Waals surface area contributed by atoms with Gasteiger partial charge in [-0.25, -0.2) is 4.79 Å². The highest BCUT2D eigenvalue weighted by Crippen LogP contribution is 2.37. The molecule has 1 fully saturated rings. The average Bonchev–Trinajstić information content (AvgIpc) is 2.98. The Morgan fingerprint density at radius 1 is 1.22 bits per heavy atom. The summed E-state index contributed by atoms with van der Waals surface area (Å²) >= 11 is 1.43. The van der Waals surface area contributed by atoms with Gasteiger partial charge in [-0.2, -0.15) is 0 Å². The van der Waals surface area contributed by atoms with Crippen molar-refractivity contribution in [3.05, 3.63) is 29.1 Å². The molecule has 2 heterocycles. The summed E-state index contributed by atoms with van der Waals surface area (Å²) in [5.74, 6) is -0.284. The summed E-state index contributed by atoms with van der Waals surface area (Å²) in [6.45, 7) is 10.3. The van der Waals surface area contributed by atoms with Crippen molar-refractivity contribution >= 4 is 40.0 Å². The summed E-state index contributed by atoms with van der Waals surface area (Å²) in [5, 5.41) is 0.985. The van der Waals surface area contributed by atoms with Gasteiger partial charge in [-0.1, -0.05) is 12.1 Å². The van der Waals surface area contributed by atoms with E-state index in [1.165, 1.54) is 11.3 Å². The molecule has 122 valence electrons. The molecule has 4 nitrogen and oxygen atoms in total. The maximum Gasteiger partial charge on any atom is 0.495 e. The van der Waals surface area contributed by atoms with Gasteiger partial charge in [0.15, 0.2) is 0 Å². The van der Waals surface area contributed by atoms with Crippen LogP contribution in [-0.4, -0.2) is 30.9 Å². The Labute approximate surface area is 140 Å². The standard InChI is InChI=1S/C17H21BO4S/c1-6-20-15(19)14-10-11-12(8-7-9-13(11)23-14)18-21-16(2,3)17(4,5)22-18/h7-10H,6H2,1-5H3. The molecule has 0 bridgehead atoms. The van der Waals surface area contributed by atoms with Crippen molar-refractivity contribution in [3.63, 3.8) is 0 Å². The lowest BCUT2D eigenvalue weighted by Crippen LogP contribution is -2.41. The molecule has 0 atom stereocenters. The molecule has 0 amide bonds. The van der Waals surface area contributed by atoms with E-state index >= 15 is 0 Å². The molecule has 0 N–H and O–H groups in total. The van der Waals surface area contributed by atoms with E-state index in [0.717, 1.165) is 15.5 Å². The summed E-state index contributed by atoms with van der Waals surface area (Å²) in [5.41, 5.74) is 0.174. The van der Waals surface area contributed by atoms with Crippen LogP contribution in [0.2, 0.25) is 0 Å². The molecule has 1 saturated heterocycles. The highest BCUT2D eigenvalue weighted by molar-refractivity contribution is 7.21. The second-order valence-electron chi connectivity index (χ2n) is 6.68. The predicted octanol–water partition coefficient (Wildman–Crippen LogP) is 3.38. The fourth-order valence-corrected chi connectivity index (χ4v) is 3.55. The van der Waals surface area contributed by atoms with Crippen LogP contribution in [0, 0.1) is 0 Å². The SMILES string of the molecule is CCOC(=O)c1cc2c(B3OC(C)(C)C(C)(C)O3)cccc2s1. The Morgan fingerprint density at radius 3 is 2.48 bits per heavy atom. The van der Waals surface area contributed by atoms with Crippen molar-refractivity contribution in [2.75, 3.05) is 6.61 Å². The molecule has 0 unspecified atom stereocenters.